The molecule has 0 aliphatic carbocycles. The molecule has 0 fully saturated rings. The SMILES string of the molecule is CC(C)C(CO)NCc1ccnc(C#N)c1. The van der Waals surface area contributed by atoms with E-state index in [2.05, 4.69) is 24.1 Å². The van der Waals surface area contributed by atoms with Crippen molar-refractivity contribution in [3.63, 3.8) is 0 Å². The van der Waals surface area contributed by atoms with Gasteiger partial charge in [-0.3, -0.25) is 0 Å². The number of aliphatic hydroxyl groups is 1. The molecule has 1 aromatic rings. The number of aliphatic hydroxyl groups excluding tert-OH is 1. The molecule has 2 N–H and O–H groups in total. The van der Waals surface area contributed by atoms with Gasteiger partial charge >= 0.3 is 0 Å². The zero-order valence-electron chi connectivity index (χ0n) is 9.64. The van der Waals surface area contributed by atoms with Gasteiger partial charge in [-0.15, -0.1) is 0 Å². The van der Waals surface area contributed by atoms with Crippen molar-refractivity contribution in [2.75, 3.05) is 6.61 Å². The van der Waals surface area contributed by atoms with Gasteiger partial charge in [0.05, 0.1) is 6.61 Å². The van der Waals surface area contributed by atoms with Crippen LogP contribution in [-0.4, -0.2) is 22.7 Å². The van der Waals surface area contributed by atoms with Crippen molar-refractivity contribution < 1.29 is 5.11 Å². The molecule has 86 valence electrons. The van der Waals surface area contributed by atoms with Crippen molar-refractivity contribution in [2.24, 2.45) is 5.92 Å². The zero-order valence-corrected chi connectivity index (χ0v) is 9.64. The lowest BCUT2D eigenvalue weighted by molar-refractivity contribution is 0.210. The summed E-state index contributed by atoms with van der Waals surface area (Å²) in [6.07, 6.45) is 1.62. The number of nitriles is 1. The molecular formula is C12H17N3O. The van der Waals surface area contributed by atoms with Crippen molar-refractivity contribution in [1.29, 1.82) is 5.26 Å². The van der Waals surface area contributed by atoms with E-state index in [9.17, 15) is 0 Å². The van der Waals surface area contributed by atoms with Gasteiger partial charge in [-0.05, 0) is 23.6 Å². The van der Waals surface area contributed by atoms with Gasteiger partial charge in [0.25, 0.3) is 0 Å². The van der Waals surface area contributed by atoms with Crippen molar-refractivity contribution in [1.82, 2.24) is 10.3 Å². The number of hydrogen-bond acceptors (Lipinski definition) is 4. The minimum Gasteiger partial charge on any atom is -0.395 e. The lowest BCUT2D eigenvalue weighted by Crippen LogP contribution is -2.36. The Balaban J connectivity index is 2.57. The van der Waals surface area contributed by atoms with Crippen LogP contribution in [0.1, 0.15) is 25.1 Å². The third kappa shape index (κ3) is 3.61. The highest BCUT2D eigenvalue weighted by atomic mass is 16.3. The topological polar surface area (TPSA) is 68.9 Å². The summed E-state index contributed by atoms with van der Waals surface area (Å²) < 4.78 is 0. The molecule has 4 heteroatoms. The molecule has 0 amide bonds. The van der Waals surface area contributed by atoms with Crippen LogP contribution < -0.4 is 5.32 Å². The molecule has 0 aromatic carbocycles. The second-order valence-electron chi connectivity index (χ2n) is 4.08. The first kappa shape index (κ1) is 12.6. The molecule has 0 spiro atoms. The Hall–Kier alpha value is -1.44. The number of aromatic nitrogens is 1. The van der Waals surface area contributed by atoms with E-state index >= 15 is 0 Å². The fourth-order valence-corrected chi connectivity index (χ4v) is 1.41. The number of nitrogens with one attached hydrogen (secondary N) is 1. The minimum absolute atomic E-state index is 0.0821. The van der Waals surface area contributed by atoms with Crippen LogP contribution in [0.25, 0.3) is 0 Å². The Labute approximate surface area is 95.9 Å². The summed E-state index contributed by atoms with van der Waals surface area (Å²) in [5, 5.41) is 21.1. The van der Waals surface area contributed by atoms with Gasteiger partial charge in [-0.2, -0.15) is 5.26 Å². The number of rotatable bonds is 5. The van der Waals surface area contributed by atoms with Crippen molar-refractivity contribution in [3.8, 4) is 6.07 Å². The van der Waals surface area contributed by atoms with Crippen LogP contribution in [0.4, 0.5) is 0 Å². The van der Waals surface area contributed by atoms with Gasteiger partial charge in [0, 0.05) is 18.8 Å². The van der Waals surface area contributed by atoms with Crippen LogP contribution in [0.5, 0.6) is 0 Å². The third-order valence-corrected chi connectivity index (χ3v) is 2.51. The normalized spacial score (nSPS) is 12.4. The maximum Gasteiger partial charge on any atom is 0.140 e. The summed E-state index contributed by atoms with van der Waals surface area (Å²) in [6.45, 7) is 4.87. The van der Waals surface area contributed by atoms with E-state index in [1.807, 2.05) is 12.1 Å². The first-order valence-electron chi connectivity index (χ1n) is 5.36. The molecular weight excluding hydrogens is 202 g/mol. The molecule has 1 atom stereocenters. The quantitative estimate of drug-likeness (QED) is 0.777. The van der Waals surface area contributed by atoms with Crippen LogP contribution in [-0.2, 0) is 6.54 Å². The molecule has 16 heavy (non-hydrogen) atoms. The lowest BCUT2D eigenvalue weighted by atomic mass is 10.1. The van der Waals surface area contributed by atoms with Crippen molar-refractivity contribution in [3.05, 3.63) is 29.6 Å². The van der Waals surface area contributed by atoms with Gasteiger partial charge < -0.3 is 10.4 Å². The Bertz CT molecular complexity index is 371. The predicted octanol–water partition coefficient (Wildman–Crippen LogP) is 1.06. The second-order valence-corrected chi connectivity index (χ2v) is 4.08. The van der Waals surface area contributed by atoms with Crippen LogP contribution in [0.2, 0.25) is 0 Å². The van der Waals surface area contributed by atoms with Gasteiger partial charge in [0.15, 0.2) is 0 Å². The summed E-state index contributed by atoms with van der Waals surface area (Å²) >= 11 is 0. The van der Waals surface area contributed by atoms with Crippen molar-refractivity contribution >= 4 is 0 Å². The van der Waals surface area contributed by atoms with E-state index in [1.54, 1.807) is 12.3 Å². The average Bonchev–Trinajstić information content (AvgIpc) is 2.29. The number of pyridine rings is 1. The van der Waals surface area contributed by atoms with E-state index < -0.39 is 0 Å². The summed E-state index contributed by atoms with van der Waals surface area (Å²) in [7, 11) is 0. The first-order valence-corrected chi connectivity index (χ1v) is 5.36. The standard InChI is InChI=1S/C12H17N3O/c1-9(2)12(8-16)15-7-10-3-4-14-11(5-10)6-13/h3-5,9,12,15-16H,7-8H2,1-2H3. The van der Waals surface area contributed by atoms with Gasteiger partial charge in [-0.25, -0.2) is 4.98 Å². The third-order valence-electron chi connectivity index (χ3n) is 2.51. The Morgan fingerprint density at radius 1 is 1.56 bits per heavy atom. The molecule has 1 heterocycles. The van der Waals surface area contributed by atoms with Crippen LogP contribution in [0, 0.1) is 17.2 Å². The summed E-state index contributed by atoms with van der Waals surface area (Å²) in [5.74, 6) is 0.377. The second kappa shape index (κ2) is 6.21. The fraction of sp³-hybridized carbons (Fsp3) is 0.500. The molecule has 0 bridgehead atoms. The molecule has 0 saturated heterocycles. The molecule has 4 nitrogen and oxygen atoms in total. The van der Waals surface area contributed by atoms with E-state index in [4.69, 9.17) is 10.4 Å². The van der Waals surface area contributed by atoms with E-state index in [0.717, 1.165) is 5.56 Å². The average molecular weight is 219 g/mol. The maximum atomic E-state index is 9.15. The molecule has 1 aromatic heterocycles. The predicted molar refractivity (Wildman–Crippen MR) is 61.5 cm³/mol. The first-order chi connectivity index (χ1) is 7.67. The lowest BCUT2D eigenvalue weighted by Gasteiger charge is -2.19. The van der Waals surface area contributed by atoms with Crippen LogP contribution in [0.15, 0.2) is 18.3 Å². The summed E-state index contributed by atoms with van der Waals surface area (Å²) in [5.41, 5.74) is 1.43. The molecule has 1 unspecified atom stereocenters. The molecule has 0 aliphatic rings. The Morgan fingerprint density at radius 3 is 2.88 bits per heavy atom. The number of hydrogen-bond donors (Lipinski definition) is 2. The smallest absolute Gasteiger partial charge is 0.140 e. The highest BCUT2D eigenvalue weighted by molar-refractivity contribution is 5.25. The Kier molecular flexibility index (Phi) is 4.90. The zero-order chi connectivity index (χ0) is 12.0. The van der Waals surface area contributed by atoms with Gasteiger partial charge in [0.2, 0.25) is 0 Å². The highest BCUT2D eigenvalue weighted by Crippen LogP contribution is 2.04. The molecule has 0 radical (unpaired) electrons. The monoisotopic (exact) mass is 219 g/mol. The van der Waals surface area contributed by atoms with Crippen LogP contribution >= 0.6 is 0 Å². The molecule has 1 rings (SSSR count). The molecule has 0 aliphatic heterocycles. The van der Waals surface area contributed by atoms with Crippen LogP contribution in [0.3, 0.4) is 0 Å². The minimum atomic E-state index is 0.0821. The van der Waals surface area contributed by atoms with Crippen molar-refractivity contribution in [2.45, 2.75) is 26.4 Å². The summed E-state index contributed by atoms with van der Waals surface area (Å²) in [4.78, 5) is 3.90. The maximum absolute atomic E-state index is 9.15. The summed E-state index contributed by atoms with van der Waals surface area (Å²) in [6, 6.07) is 5.70. The van der Waals surface area contributed by atoms with E-state index in [1.165, 1.54) is 0 Å². The fourth-order valence-electron chi connectivity index (χ4n) is 1.41. The largest absolute Gasteiger partial charge is 0.395 e. The van der Waals surface area contributed by atoms with E-state index in [0.29, 0.717) is 18.2 Å². The van der Waals surface area contributed by atoms with Gasteiger partial charge in [0.1, 0.15) is 11.8 Å². The molecule has 0 saturated carbocycles. The van der Waals surface area contributed by atoms with E-state index in [-0.39, 0.29) is 12.6 Å². The van der Waals surface area contributed by atoms with Gasteiger partial charge in [-0.1, -0.05) is 13.8 Å². The highest BCUT2D eigenvalue weighted by Gasteiger charge is 2.10. The number of nitrogens with zero attached hydrogens (tertiary/aromatic N) is 2. The Morgan fingerprint density at radius 2 is 2.31 bits per heavy atom.